The first kappa shape index (κ1) is 20.6. The molecular formula is C23H19ClN2O6. The number of nitrogens with zero attached hydrogens (tertiary/aromatic N) is 1. The van der Waals surface area contributed by atoms with E-state index in [1.54, 1.807) is 12.1 Å². The van der Waals surface area contributed by atoms with Gasteiger partial charge in [-0.05, 0) is 28.4 Å². The highest BCUT2D eigenvalue weighted by molar-refractivity contribution is 6.38. The quantitative estimate of drug-likeness (QED) is 0.399. The predicted molar refractivity (Wildman–Crippen MR) is 117 cm³/mol. The number of carbonyl (C=O) groups excluding carboxylic acids is 1. The summed E-state index contributed by atoms with van der Waals surface area (Å²) >= 11 is 6.51. The number of hydrogen-bond acceptors (Lipinski definition) is 7. The number of aromatic nitrogens is 1. The van der Waals surface area contributed by atoms with Crippen LogP contribution in [0.4, 0.5) is 5.69 Å². The summed E-state index contributed by atoms with van der Waals surface area (Å²) in [6.07, 6.45) is -0.0214. The summed E-state index contributed by atoms with van der Waals surface area (Å²) in [6, 6.07) is 12.5. The fourth-order valence-corrected chi connectivity index (χ4v) is 4.23. The van der Waals surface area contributed by atoms with Crippen LogP contribution in [0.1, 0.15) is 29.4 Å². The van der Waals surface area contributed by atoms with Crippen LogP contribution >= 0.6 is 11.6 Å². The molecule has 0 aliphatic carbocycles. The average Bonchev–Trinajstić information content (AvgIpc) is 3.51. The maximum Gasteiger partial charge on any atom is 0.260 e. The molecule has 8 nitrogen and oxygen atoms in total. The molecule has 0 radical (unpaired) electrons. The Hall–Kier alpha value is -3.33. The van der Waals surface area contributed by atoms with E-state index in [-0.39, 0.29) is 29.1 Å². The largest absolute Gasteiger partial charge is 0.504 e. The molecule has 9 heteroatoms. The molecule has 1 aromatic heterocycles. The molecule has 0 unspecified atom stereocenters. The van der Waals surface area contributed by atoms with Crippen LogP contribution in [0.2, 0.25) is 5.02 Å². The van der Waals surface area contributed by atoms with E-state index in [9.17, 15) is 15.0 Å². The molecule has 3 N–H and O–H groups in total. The predicted octanol–water partition coefficient (Wildman–Crippen LogP) is 4.20. The van der Waals surface area contributed by atoms with Crippen molar-refractivity contribution in [3.05, 3.63) is 64.4 Å². The molecule has 5 rings (SSSR count). The van der Waals surface area contributed by atoms with E-state index in [2.05, 4.69) is 10.5 Å². The molecule has 2 aromatic carbocycles. The van der Waals surface area contributed by atoms with Crippen molar-refractivity contribution in [3.63, 3.8) is 0 Å². The lowest BCUT2D eigenvalue weighted by Gasteiger charge is -2.12. The van der Waals surface area contributed by atoms with Gasteiger partial charge >= 0.3 is 0 Å². The summed E-state index contributed by atoms with van der Waals surface area (Å²) in [6.45, 7) is 0.333. The van der Waals surface area contributed by atoms with Crippen molar-refractivity contribution in [2.75, 3.05) is 19.0 Å². The summed E-state index contributed by atoms with van der Waals surface area (Å²) in [7, 11) is 1.42. The van der Waals surface area contributed by atoms with Gasteiger partial charge in [0.25, 0.3) is 11.8 Å². The van der Waals surface area contributed by atoms with Crippen LogP contribution in [0, 0.1) is 0 Å². The van der Waals surface area contributed by atoms with Crippen LogP contribution in [0.3, 0.4) is 0 Å². The number of methoxy groups -OCH3 is 1. The number of nitrogens with one attached hydrogen (secondary N) is 1. The monoisotopic (exact) mass is 454 g/mol. The molecule has 3 heterocycles. The molecular weight excluding hydrogens is 436 g/mol. The maximum atomic E-state index is 12.6. The zero-order chi connectivity index (χ0) is 22.4. The third-order valence-corrected chi connectivity index (χ3v) is 5.90. The smallest absolute Gasteiger partial charge is 0.260 e. The first-order chi connectivity index (χ1) is 15.4. The van der Waals surface area contributed by atoms with Gasteiger partial charge < -0.3 is 29.5 Å². The van der Waals surface area contributed by atoms with Crippen LogP contribution in [-0.2, 0) is 9.53 Å². The van der Waals surface area contributed by atoms with E-state index in [1.807, 2.05) is 24.3 Å². The van der Waals surface area contributed by atoms with Gasteiger partial charge in [-0.1, -0.05) is 35.9 Å². The van der Waals surface area contributed by atoms with E-state index in [0.29, 0.717) is 34.9 Å². The van der Waals surface area contributed by atoms with E-state index in [0.717, 1.165) is 11.1 Å². The van der Waals surface area contributed by atoms with Gasteiger partial charge in [-0.25, -0.2) is 0 Å². The van der Waals surface area contributed by atoms with Gasteiger partial charge in [-0.15, -0.1) is 0 Å². The first-order valence-corrected chi connectivity index (χ1v) is 10.3. The van der Waals surface area contributed by atoms with Gasteiger partial charge in [0.05, 0.1) is 48.3 Å². The average molecular weight is 455 g/mol. The number of hydrogen-bond donors (Lipinski definition) is 3. The minimum absolute atomic E-state index is 0.0134. The normalized spacial score (nSPS) is 21.4. The Kier molecular flexibility index (Phi) is 5.13. The summed E-state index contributed by atoms with van der Waals surface area (Å²) in [4.78, 5) is 12.6. The molecule has 0 bridgehead atoms. The highest BCUT2D eigenvalue weighted by atomic mass is 35.5. The number of rotatable bonds is 4. The number of ether oxygens (including phenoxy) is 2. The number of fused-ring (bicyclic) bond motifs is 1. The number of carbonyl (C=O) groups is 1. The molecule has 0 spiro atoms. The maximum absolute atomic E-state index is 12.6. The molecule has 164 valence electrons. The molecule has 2 aliphatic heterocycles. The van der Waals surface area contributed by atoms with Gasteiger partial charge in [0.1, 0.15) is 0 Å². The van der Waals surface area contributed by atoms with Crippen molar-refractivity contribution >= 4 is 34.5 Å². The number of amides is 1. The Labute approximate surface area is 188 Å². The minimum atomic E-state index is -0.478. The highest BCUT2D eigenvalue weighted by Crippen LogP contribution is 2.42. The lowest BCUT2D eigenvalue weighted by Crippen LogP contribution is -2.05. The second-order valence-electron chi connectivity index (χ2n) is 7.62. The second kappa shape index (κ2) is 7.98. The van der Waals surface area contributed by atoms with Crippen LogP contribution in [0.25, 0.3) is 22.5 Å². The lowest BCUT2D eigenvalue weighted by atomic mass is 9.96. The SMILES string of the molecule is COc1cc(/C(O)=C2\C(=O)Nc3cc(Cl)c(-c4ccc([C@@H]5C[C@H](O)CO5)cc4)cc32)on1. The minimum Gasteiger partial charge on any atom is -0.504 e. The first-order valence-electron chi connectivity index (χ1n) is 9.94. The molecule has 3 aromatic rings. The lowest BCUT2D eigenvalue weighted by molar-refractivity contribution is -0.110. The molecule has 1 fully saturated rings. The van der Waals surface area contributed by atoms with Crippen molar-refractivity contribution in [2.24, 2.45) is 0 Å². The number of aliphatic hydroxyl groups is 2. The summed E-state index contributed by atoms with van der Waals surface area (Å²) < 4.78 is 15.7. The zero-order valence-corrected chi connectivity index (χ0v) is 17.7. The van der Waals surface area contributed by atoms with Crippen molar-refractivity contribution < 1.29 is 29.0 Å². The number of aliphatic hydroxyl groups excluding tert-OH is 2. The van der Waals surface area contributed by atoms with Gasteiger partial charge in [0.15, 0.2) is 5.76 Å². The van der Waals surface area contributed by atoms with Crippen LogP contribution in [0.15, 0.2) is 47.0 Å². The molecule has 2 atom stereocenters. The van der Waals surface area contributed by atoms with Gasteiger partial charge in [-0.3, -0.25) is 4.79 Å². The second-order valence-corrected chi connectivity index (χ2v) is 8.03. The van der Waals surface area contributed by atoms with Crippen LogP contribution in [-0.4, -0.2) is 41.1 Å². The molecule has 32 heavy (non-hydrogen) atoms. The Morgan fingerprint density at radius 3 is 2.66 bits per heavy atom. The van der Waals surface area contributed by atoms with E-state index in [4.69, 9.17) is 25.6 Å². The fourth-order valence-electron chi connectivity index (χ4n) is 3.96. The molecule has 2 aliphatic rings. The molecule has 1 saturated heterocycles. The fraction of sp³-hybridized carbons (Fsp3) is 0.217. The van der Waals surface area contributed by atoms with Crippen molar-refractivity contribution in [3.8, 4) is 17.0 Å². The van der Waals surface area contributed by atoms with E-state index >= 15 is 0 Å². The molecule has 0 saturated carbocycles. The van der Waals surface area contributed by atoms with E-state index in [1.165, 1.54) is 13.2 Å². The van der Waals surface area contributed by atoms with Gasteiger partial charge in [0, 0.05) is 17.5 Å². The standard InChI is InChI=1S/C23H19ClN2O6/c1-30-20-9-19(32-26-20)22(28)21-15-7-14(16(24)8-17(15)25-23(21)29)11-2-4-12(5-3-11)18-6-13(27)10-31-18/h2-5,7-9,13,18,27-28H,6,10H2,1H3,(H,25,29)/b22-21+/t13-,18-/m0/s1. The van der Waals surface area contributed by atoms with Crippen molar-refractivity contribution in [1.82, 2.24) is 5.16 Å². The van der Waals surface area contributed by atoms with Gasteiger partial charge in [0.2, 0.25) is 5.76 Å². The Bertz CT molecular complexity index is 1230. The molecule has 1 amide bonds. The zero-order valence-electron chi connectivity index (χ0n) is 17.0. The number of benzene rings is 2. The Morgan fingerprint density at radius 1 is 1.22 bits per heavy atom. The van der Waals surface area contributed by atoms with Gasteiger partial charge in [-0.2, -0.15) is 0 Å². The summed E-state index contributed by atoms with van der Waals surface area (Å²) in [5.41, 5.74) is 3.54. The third-order valence-electron chi connectivity index (χ3n) is 5.59. The number of halogens is 1. The summed E-state index contributed by atoms with van der Waals surface area (Å²) in [5, 5.41) is 27.2. The van der Waals surface area contributed by atoms with Crippen molar-refractivity contribution in [2.45, 2.75) is 18.6 Å². The third kappa shape index (κ3) is 3.52. The van der Waals surface area contributed by atoms with Crippen LogP contribution < -0.4 is 10.1 Å². The highest BCUT2D eigenvalue weighted by Gasteiger charge is 2.31. The Morgan fingerprint density at radius 2 is 2.00 bits per heavy atom. The summed E-state index contributed by atoms with van der Waals surface area (Å²) in [5.74, 6) is -0.633. The Balaban J connectivity index is 1.53. The van der Waals surface area contributed by atoms with Crippen LogP contribution in [0.5, 0.6) is 5.88 Å². The number of anilines is 1. The topological polar surface area (TPSA) is 114 Å². The van der Waals surface area contributed by atoms with Crippen molar-refractivity contribution in [1.29, 1.82) is 0 Å². The van der Waals surface area contributed by atoms with E-state index < -0.39 is 12.0 Å².